The molecule has 0 heterocycles. The molecule has 2 N–H and O–H groups in total. The van der Waals surface area contributed by atoms with Gasteiger partial charge in [0.2, 0.25) is 0 Å². The van der Waals surface area contributed by atoms with Crippen LogP contribution in [0.15, 0.2) is 36.4 Å². The van der Waals surface area contributed by atoms with Gasteiger partial charge in [-0.1, -0.05) is 35.3 Å². The van der Waals surface area contributed by atoms with E-state index in [2.05, 4.69) is 0 Å². The molecule has 20 heavy (non-hydrogen) atoms. The Labute approximate surface area is 128 Å². The van der Waals surface area contributed by atoms with E-state index >= 15 is 0 Å². The first-order valence-electron chi connectivity index (χ1n) is 6.40. The first-order chi connectivity index (χ1) is 9.45. The van der Waals surface area contributed by atoms with Crippen molar-refractivity contribution in [2.24, 2.45) is 5.73 Å². The van der Waals surface area contributed by atoms with E-state index in [1.807, 2.05) is 19.1 Å². The summed E-state index contributed by atoms with van der Waals surface area (Å²) in [5, 5.41) is 1.06. The molecule has 0 spiro atoms. The third-order valence-corrected chi connectivity index (χ3v) is 4.01. The largest absolute Gasteiger partial charge is 0.327 e. The first kappa shape index (κ1) is 15.3. The molecule has 0 saturated heterocycles. The fraction of sp³-hybridized carbons (Fsp3) is 0.250. The monoisotopic (exact) mass is 311 g/mol. The van der Waals surface area contributed by atoms with Gasteiger partial charge in [-0.2, -0.15) is 0 Å². The van der Waals surface area contributed by atoms with Gasteiger partial charge in [0.1, 0.15) is 5.82 Å². The lowest BCUT2D eigenvalue weighted by molar-refractivity contribution is 0.616. The zero-order valence-corrected chi connectivity index (χ0v) is 12.7. The molecular weight excluding hydrogens is 296 g/mol. The molecule has 4 heteroatoms. The molecule has 106 valence electrons. The number of rotatable bonds is 4. The van der Waals surface area contributed by atoms with Gasteiger partial charge in [0.15, 0.2) is 0 Å². The van der Waals surface area contributed by atoms with Crippen molar-refractivity contribution >= 4 is 23.2 Å². The van der Waals surface area contributed by atoms with Crippen molar-refractivity contribution < 1.29 is 4.39 Å². The van der Waals surface area contributed by atoms with Gasteiger partial charge >= 0.3 is 0 Å². The quantitative estimate of drug-likeness (QED) is 0.880. The maximum atomic E-state index is 13.2. The molecule has 0 fully saturated rings. The summed E-state index contributed by atoms with van der Waals surface area (Å²) in [4.78, 5) is 0. The molecule has 0 saturated carbocycles. The summed E-state index contributed by atoms with van der Waals surface area (Å²) < 4.78 is 13.2. The van der Waals surface area contributed by atoms with E-state index < -0.39 is 0 Å². The van der Waals surface area contributed by atoms with Crippen molar-refractivity contribution in [2.75, 3.05) is 0 Å². The zero-order valence-electron chi connectivity index (χ0n) is 11.2. The molecule has 0 radical (unpaired) electrons. The number of aryl methyl sites for hydroxylation is 1. The third kappa shape index (κ3) is 3.95. The SMILES string of the molecule is Cc1ccc(F)cc1CC(N)Cc1ccc(Cl)c(Cl)c1. The maximum absolute atomic E-state index is 13.2. The number of halogens is 3. The Bertz CT molecular complexity index is 613. The lowest BCUT2D eigenvalue weighted by atomic mass is 9.97. The highest BCUT2D eigenvalue weighted by Gasteiger charge is 2.09. The van der Waals surface area contributed by atoms with Gasteiger partial charge in [0.25, 0.3) is 0 Å². The molecule has 0 bridgehead atoms. The Kier molecular flexibility index (Phi) is 5.03. The van der Waals surface area contributed by atoms with Gasteiger partial charge in [0, 0.05) is 6.04 Å². The van der Waals surface area contributed by atoms with Gasteiger partial charge < -0.3 is 5.73 Å². The summed E-state index contributed by atoms with van der Waals surface area (Å²) >= 11 is 11.9. The van der Waals surface area contributed by atoms with E-state index in [1.54, 1.807) is 18.2 Å². The van der Waals surface area contributed by atoms with Crippen molar-refractivity contribution in [3.8, 4) is 0 Å². The lowest BCUT2D eigenvalue weighted by Gasteiger charge is -2.14. The molecule has 2 rings (SSSR count). The molecule has 1 nitrogen and oxygen atoms in total. The molecule has 2 aromatic rings. The molecule has 0 aliphatic heterocycles. The number of benzene rings is 2. The second kappa shape index (κ2) is 6.57. The van der Waals surface area contributed by atoms with Crippen molar-refractivity contribution in [2.45, 2.75) is 25.8 Å². The van der Waals surface area contributed by atoms with Crippen molar-refractivity contribution in [1.82, 2.24) is 0 Å². The average molecular weight is 312 g/mol. The van der Waals surface area contributed by atoms with Crippen molar-refractivity contribution in [3.05, 3.63) is 69.0 Å². The minimum Gasteiger partial charge on any atom is -0.327 e. The Hall–Kier alpha value is -1.09. The molecule has 0 aromatic heterocycles. The summed E-state index contributed by atoms with van der Waals surface area (Å²) in [7, 11) is 0. The van der Waals surface area contributed by atoms with Gasteiger partial charge in [0.05, 0.1) is 10.0 Å². The molecular formula is C16H16Cl2FN. The molecule has 0 amide bonds. The van der Waals surface area contributed by atoms with Crippen LogP contribution in [0.2, 0.25) is 10.0 Å². The van der Waals surface area contributed by atoms with Crippen LogP contribution in [0.5, 0.6) is 0 Å². The van der Waals surface area contributed by atoms with Crippen LogP contribution in [0.25, 0.3) is 0 Å². The van der Waals surface area contributed by atoms with Crippen LogP contribution in [0, 0.1) is 12.7 Å². The fourth-order valence-corrected chi connectivity index (χ4v) is 2.50. The topological polar surface area (TPSA) is 26.0 Å². The van der Waals surface area contributed by atoms with Crippen molar-refractivity contribution in [1.29, 1.82) is 0 Å². The average Bonchev–Trinajstić information content (AvgIpc) is 2.38. The highest BCUT2D eigenvalue weighted by molar-refractivity contribution is 6.42. The lowest BCUT2D eigenvalue weighted by Crippen LogP contribution is -2.26. The number of hydrogen-bond donors (Lipinski definition) is 1. The maximum Gasteiger partial charge on any atom is 0.123 e. The highest BCUT2D eigenvalue weighted by atomic mass is 35.5. The summed E-state index contributed by atoms with van der Waals surface area (Å²) in [6.45, 7) is 1.96. The van der Waals surface area contributed by atoms with Gasteiger partial charge in [-0.15, -0.1) is 0 Å². The van der Waals surface area contributed by atoms with Gasteiger partial charge in [-0.05, 0) is 60.7 Å². The number of nitrogens with two attached hydrogens (primary N) is 1. The predicted octanol–water partition coefficient (Wildman–Crippen LogP) is 4.55. The predicted molar refractivity (Wildman–Crippen MR) is 83.0 cm³/mol. The van der Waals surface area contributed by atoms with E-state index in [4.69, 9.17) is 28.9 Å². The Balaban J connectivity index is 2.06. The smallest absolute Gasteiger partial charge is 0.123 e. The van der Waals surface area contributed by atoms with Crippen molar-refractivity contribution in [3.63, 3.8) is 0 Å². The van der Waals surface area contributed by atoms with E-state index in [1.165, 1.54) is 6.07 Å². The number of hydrogen-bond acceptors (Lipinski definition) is 1. The van der Waals surface area contributed by atoms with Crippen LogP contribution in [-0.4, -0.2) is 6.04 Å². The van der Waals surface area contributed by atoms with E-state index in [9.17, 15) is 4.39 Å². The minimum absolute atomic E-state index is 0.0901. The van der Waals surface area contributed by atoms with Gasteiger partial charge in [-0.3, -0.25) is 0 Å². The summed E-state index contributed by atoms with van der Waals surface area (Å²) in [5.41, 5.74) is 9.17. The molecule has 0 aliphatic carbocycles. The van der Waals surface area contributed by atoms with E-state index in [0.29, 0.717) is 22.9 Å². The fourth-order valence-electron chi connectivity index (χ4n) is 2.18. The minimum atomic E-state index is -0.229. The molecule has 2 aromatic carbocycles. The third-order valence-electron chi connectivity index (χ3n) is 3.28. The Morgan fingerprint density at radius 2 is 1.80 bits per heavy atom. The second-order valence-corrected chi connectivity index (χ2v) is 5.80. The highest BCUT2D eigenvalue weighted by Crippen LogP contribution is 2.23. The van der Waals surface area contributed by atoms with Crippen LogP contribution in [0.1, 0.15) is 16.7 Å². The van der Waals surface area contributed by atoms with Crippen LogP contribution >= 0.6 is 23.2 Å². The van der Waals surface area contributed by atoms with Gasteiger partial charge in [-0.25, -0.2) is 4.39 Å². The van der Waals surface area contributed by atoms with Crippen LogP contribution in [0.4, 0.5) is 4.39 Å². The van der Waals surface area contributed by atoms with Crippen LogP contribution < -0.4 is 5.73 Å². The Morgan fingerprint density at radius 1 is 1.05 bits per heavy atom. The normalized spacial score (nSPS) is 12.4. The molecule has 1 atom stereocenters. The second-order valence-electron chi connectivity index (χ2n) is 4.99. The summed E-state index contributed by atoms with van der Waals surface area (Å²) in [6.07, 6.45) is 1.30. The van der Waals surface area contributed by atoms with Crippen LogP contribution in [-0.2, 0) is 12.8 Å². The Morgan fingerprint density at radius 3 is 2.50 bits per heavy atom. The van der Waals surface area contributed by atoms with Crippen LogP contribution in [0.3, 0.4) is 0 Å². The standard InChI is InChI=1S/C16H16Cl2FN/c1-10-2-4-13(19)8-12(10)9-14(20)6-11-3-5-15(17)16(18)7-11/h2-5,7-8,14H,6,9,20H2,1H3. The molecule has 1 unspecified atom stereocenters. The van der Waals surface area contributed by atoms with E-state index in [0.717, 1.165) is 16.7 Å². The molecule has 0 aliphatic rings. The summed E-state index contributed by atoms with van der Waals surface area (Å²) in [6, 6.07) is 10.2. The first-order valence-corrected chi connectivity index (χ1v) is 7.16. The van der Waals surface area contributed by atoms with E-state index in [-0.39, 0.29) is 11.9 Å². The zero-order chi connectivity index (χ0) is 14.7. The summed E-state index contributed by atoms with van der Waals surface area (Å²) in [5.74, 6) is -0.229.